The summed E-state index contributed by atoms with van der Waals surface area (Å²) in [5, 5.41) is 0.595. The summed E-state index contributed by atoms with van der Waals surface area (Å²) >= 11 is 0. The molecule has 2 aromatic carbocycles. The van der Waals surface area contributed by atoms with Crippen molar-refractivity contribution in [3.05, 3.63) is 70.3 Å². The first-order valence-electron chi connectivity index (χ1n) is 13.0. The number of hydrogen-bond donors (Lipinski definition) is 0. The smallest absolute Gasteiger partial charge is 0.266 e. The Hall–Kier alpha value is -2.95. The third kappa shape index (κ3) is 4.94. The van der Waals surface area contributed by atoms with Gasteiger partial charge < -0.3 is 4.90 Å². The lowest BCUT2D eigenvalue weighted by molar-refractivity contribution is -0.137. The third-order valence-corrected chi connectivity index (χ3v) is 7.24. The van der Waals surface area contributed by atoms with E-state index in [-0.39, 0.29) is 23.4 Å². The molecule has 180 valence electrons. The molecule has 4 rings (SSSR count). The second-order valence-electron chi connectivity index (χ2n) is 9.54. The van der Waals surface area contributed by atoms with E-state index < -0.39 is 0 Å². The highest BCUT2D eigenvalue weighted by atomic mass is 16.2. The summed E-state index contributed by atoms with van der Waals surface area (Å²) in [5.41, 5.74) is 2.61. The Balaban J connectivity index is 1.83. The summed E-state index contributed by atoms with van der Waals surface area (Å²) < 4.78 is 1.72. The number of aryl methyl sites for hydroxylation is 1. The molecule has 34 heavy (non-hydrogen) atoms. The number of hydrogen-bond acceptors (Lipinski definition) is 3. The molecule has 1 amide bonds. The molecule has 3 aromatic rings. The van der Waals surface area contributed by atoms with Crippen molar-refractivity contribution in [2.75, 3.05) is 6.54 Å². The van der Waals surface area contributed by atoms with Gasteiger partial charge in [-0.3, -0.25) is 14.2 Å². The van der Waals surface area contributed by atoms with Crippen LogP contribution in [0.1, 0.15) is 83.1 Å². The second kappa shape index (κ2) is 11.0. The van der Waals surface area contributed by atoms with E-state index in [0.29, 0.717) is 23.3 Å². The van der Waals surface area contributed by atoms with Crippen molar-refractivity contribution < 1.29 is 4.79 Å². The number of para-hydroxylation sites is 1. The number of fused-ring (bicyclic) bond motifs is 1. The number of nitrogens with zero attached hydrogens (tertiary/aromatic N) is 3. The Bertz CT molecular complexity index is 1180. The summed E-state index contributed by atoms with van der Waals surface area (Å²) in [6.07, 6.45) is 8.25. The zero-order chi connectivity index (χ0) is 24.1. The predicted molar refractivity (Wildman–Crippen MR) is 138 cm³/mol. The molecule has 0 radical (unpaired) electrons. The third-order valence-electron chi connectivity index (χ3n) is 7.24. The van der Waals surface area contributed by atoms with Crippen LogP contribution in [0.3, 0.4) is 0 Å². The number of carbonyl (C=O) groups excluding carboxylic acids is 1. The van der Waals surface area contributed by atoms with Crippen molar-refractivity contribution in [1.29, 1.82) is 0 Å². The fourth-order valence-corrected chi connectivity index (χ4v) is 5.13. The number of benzene rings is 2. The molecule has 1 heterocycles. The first-order valence-corrected chi connectivity index (χ1v) is 13.0. The molecule has 5 heteroatoms. The molecular weight excluding hydrogens is 422 g/mol. The highest BCUT2D eigenvalue weighted by molar-refractivity contribution is 5.80. The first-order chi connectivity index (χ1) is 16.5. The average Bonchev–Trinajstić information content (AvgIpc) is 3.41. The summed E-state index contributed by atoms with van der Waals surface area (Å²) in [6.45, 7) is 7.03. The average molecular weight is 460 g/mol. The van der Waals surface area contributed by atoms with Gasteiger partial charge in [0.25, 0.3) is 5.56 Å². The van der Waals surface area contributed by atoms with Gasteiger partial charge in [-0.15, -0.1) is 0 Å². The van der Waals surface area contributed by atoms with Gasteiger partial charge >= 0.3 is 0 Å². The molecular formula is C29H37N3O2. The van der Waals surface area contributed by atoms with E-state index in [2.05, 4.69) is 26.0 Å². The van der Waals surface area contributed by atoms with Crippen LogP contribution >= 0.6 is 0 Å². The van der Waals surface area contributed by atoms with Crippen LogP contribution in [0.15, 0.2) is 53.3 Å². The zero-order valence-corrected chi connectivity index (χ0v) is 20.8. The van der Waals surface area contributed by atoms with E-state index >= 15 is 0 Å². The standard InChI is InChI=1S/C29H37N3O2/c1-4-6-11-20-31(28(33)23-12-7-8-13-23)21(3)27-30-26-15-10-9-14-25(26)29(34)32(27)24-18-16-22(5-2)17-19-24/h9-10,14-19,21,23H,4-8,11-13,20H2,1-3H3. The Morgan fingerprint density at radius 1 is 1.06 bits per heavy atom. The summed E-state index contributed by atoms with van der Waals surface area (Å²) in [5.74, 6) is 0.945. The van der Waals surface area contributed by atoms with Crippen LogP contribution in [0.4, 0.5) is 0 Å². The van der Waals surface area contributed by atoms with Crippen LogP contribution < -0.4 is 5.56 Å². The molecule has 0 saturated heterocycles. The Kier molecular flexibility index (Phi) is 7.81. The van der Waals surface area contributed by atoms with Gasteiger partial charge in [0.1, 0.15) is 5.82 Å². The molecule has 0 N–H and O–H groups in total. The van der Waals surface area contributed by atoms with Gasteiger partial charge in [0, 0.05) is 12.5 Å². The largest absolute Gasteiger partial charge is 0.333 e. The van der Waals surface area contributed by atoms with E-state index in [1.165, 1.54) is 5.56 Å². The molecule has 0 spiro atoms. The van der Waals surface area contributed by atoms with Gasteiger partial charge in [0.05, 0.1) is 22.6 Å². The van der Waals surface area contributed by atoms with Crippen molar-refractivity contribution in [3.63, 3.8) is 0 Å². The van der Waals surface area contributed by atoms with E-state index in [0.717, 1.165) is 57.1 Å². The fraction of sp³-hybridized carbons (Fsp3) is 0.483. The maximum atomic E-state index is 13.7. The zero-order valence-electron chi connectivity index (χ0n) is 20.8. The number of aromatic nitrogens is 2. The quantitative estimate of drug-likeness (QED) is 0.357. The van der Waals surface area contributed by atoms with Gasteiger partial charge in [-0.2, -0.15) is 0 Å². The molecule has 1 unspecified atom stereocenters. The van der Waals surface area contributed by atoms with Gasteiger partial charge in [0.2, 0.25) is 5.91 Å². The summed E-state index contributed by atoms with van der Waals surface area (Å²) in [6, 6.07) is 15.3. The predicted octanol–water partition coefficient (Wildman–Crippen LogP) is 6.22. The van der Waals surface area contributed by atoms with Crippen LogP contribution in [0.25, 0.3) is 16.6 Å². The maximum absolute atomic E-state index is 13.7. The minimum atomic E-state index is -0.298. The summed E-state index contributed by atoms with van der Waals surface area (Å²) in [7, 11) is 0. The lowest BCUT2D eigenvalue weighted by Crippen LogP contribution is -2.40. The van der Waals surface area contributed by atoms with Gasteiger partial charge in [-0.05, 0) is 62.4 Å². The van der Waals surface area contributed by atoms with Crippen LogP contribution in [0.2, 0.25) is 0 Å². The van der Waals surface area contributed by atoms with Crippen LogP contribution in [-0.4, -0.2) is 26.9 Å². The molecule has 0 bridgehead atoms. The highest BCUT2D eigenvalue weighted by Gasteiger charge is 2.32. The first kappa shape index (κ1) is 24.2. The topological polar surface area (TPSA) is 55.2 Å². The van der Waals surface area contributed by atoms with Gasteiger partial charge in [0.15, 0.2) is 0 Å². The molecule has 1 fully saturated rings. The summed E-state index contributed by atoms with van der Waals surface area (Å²) in [4.78, 5) is 34.4. The van der Waals surface area contributed by atoms with E-state index in [9.17, 15) is 9.59 Å². The maximum Gasteiger partial charge on any atom is 0.266 e. The molecule has 0 aliphatic heterocycles. The normalized spacial score (nSPS) is 15.0. The van der Waals surface area contributed by atoms with Crippen LogP contribution in [0.5, 0.6) is 0 Å². The SMILES string of the molecule is CCCCCN(C(=O)C1CCCC1)C(C)c1nc2ccccc2c(=O)n1-c1ccc(CC)cc1. The van der Waals surface area contributed by atoms with Crippen LogP contribution in [0, 0.1) is 5.92 Å². The van der Waals surface area contributed by atoms with Gasteiger partial charge in [-0.1, -0.05) is 63.8 Å². The molecule has 1 aromatic heterocycles. The Morgan fingerprint density at radius 2 is 1.76 bits per heavy atom. The highest BCUT2D eigenvalue weighted by Crippen LogP contribution is 2.31. The Morgan fingerprint density at radius 3 is 2.44 bits per heavy atom. The lowest BCUT2D eigenvalue weighted by Gasteiger charge is -2.32. The van der Waals surface area contributed by atoms with Crippen molar-refractivity contribution >= 4 is 16.8 Å². The molecule has 5 nitrogen and oxygen atoms in total. The van der Waals surface area contributed by atoms with Crippen LogP contribution in [-0.2, 0) is 11.2 Å². The number of amides is 1. The molecule has 1 aliphatic carbocycles. The van der Waals surface area contributed by atoms with Crippen molar-refractivity contribution in [3.8, 4) is 5.69 Å². The van der Waals surface area contributed by atoms with Gasteiger partial charge in [-0.25, -0.2) is 4.98 Å². The van der Waals surface area contributed by atoms with Crippen molar-refractivity contribution in [2.45, 2.75) is 78.2 Å². The number of rotatable bonds is 9. The monoisotopic (exact) mass is 459 g/mol. The fourth-order valence-electron chi connectivity index (χ4n) is 5.13. The number of carbonyl (C=O) groups is 1. The minimum Gasteiger partial charge on any atom is -0.333 e. The molecule has 1 atom stereocenters. The lowest BCUT2D eigenvalue weighted by atomic mass is 10.0. The van der Waals surface area contributed by atoms with E-state index in [1.807, 2.05) is 48.2 Å². The molecule has 1 aliphatic rings. The van der Waals surface area contributed by atoms with E-state index in [4.69, 9.17) is 4.98 Å². The Labute approximate surface area is 202 Å². The second-order valence-corrected chi connectivity index (χ2v) is 9.54. The number of unbranched alkanes of at least 4 members (excludes halogenated alkanes) is 2. The van der Waals surface area contributed by atoms with E-state index in [1.54, 1.807) is 4.57 Å². The minimum absolute atomic E-state index is 0.0847. The van der Waals surface area contributed by atoms with Crippen molar-refractivity contribution in [1.82, 2.24) is 14.5 Å². The van der Waals surface area contributed by atoms with Crippen molar-refractivity contribution in [2.24, 2.45) is 5.92 Å². The molecule has 1 saturated carbocycles.